The van der Waals surface area contributed by atoms with Crippen LogP contribution in [0.5, 0.6) is 0 Å². The lowest BCUT2D eigenvalue weighted by molar-refractivity contribution is -0.386. The van der Waals surface area contributed by atoms with E-state index in [1.807, 2.05) is 0 Å². The summed E-state index contributed by atoms with van der Waals surface area (Å²) in [7, 11) is 0. The van der Waals surface area contributed by atoms with Crippen LogP contribution in [0.4, 0.5) is 18.9 Å². The van der Waals surface area contributed by atoms with E-state index < -0.39 is 44.1 Å². The summed E-state index contributed by atoms with van der Waals surface area (Å²) < 4.78 is 44.7. The molecule has 0 aliphatic carbocycles. The van der Waals surface area contributed by atoms with Crippen molar-refractivity contribution in [1.82, 2.24) is 9.78 Å². The lowest BCUT2D eigenvalue weighted by atomic mass is 10.1. The molecule has 1 heterocycles. The van der Waals surface area contributed by atoms with Crippen molar-refractivity contribution >= 4 is 34.9 Å². The van der Waals surface area contributed by atoms with E-state index in [1.54, 1.807) is 13.8 Å². The first-order valence-electron chi connectivity index (χ1n) is 8.38. The van der Waals surface area contributed by atoms with Crippen LogP contribution in [0, 0.1) is 16.0 Å². The fourth-order valence-electron chi connectivity index (χ4n) is 2.65. The van der Waals surface area contributed by atoms with Crippen molar-refractivity contribution in [1.29, 1.82) is 0 Å². The van der Waals surface area contributed by atoms with Gasteiger partial charge >= 0.3 is 17.8 Å². The summed E-state index contributed by atoms with van der Waals surface area (Å²) in [6.45, 7) is 4.97. The average Bonchev–Trinajstić information content (AvgIpc) is 2.91. The number of hydrogen-bond donors (Lipinski definition) is 0. The molecule has 0 bridgehead atoms. The Morgan fingerprint density at radius 3 is 2.28 bits per heavy atom. The van der Waals surface area contributed by atoms with E-state index in [0.717, 1.165) is 4.68 Å². The van der Waals surface area contributed by atoms with Crippen molar-refractivity contribution in [3.05, 3.63) is 49.2 Å². The molecule has 1 aromatic carbocycles. The Kier molecular flexibility index (Phi) is 6.79. The van der Waals surface area contributed by atoms with Gasteiger partial charge in [0.15, 0.2) is 0 Å². The Morgan fingerprint density at radius 2 is 1.86 bits per heavy atom. The van der Waals surface area contributed by atoms with Gasteiger partial charge in [-0.3, -0.25) is 10.1 Å². The van der Waals surface area contributed by atoms with E-state index in [2.05, 4.69) is 5.10 Å². The summed E-state index contributed by atoms with van der Waals surface area (Å²) in [5, 5.41) is 14.8. The number of halogens is 5. The highest BCUT2D eigenvalue weighted by molar-refractivity contribution is 6.38. The minimum atomic E-state index is -4.71. The zero-order valence-corrected chi connectivity index (χ0v) is 17.0. The molecule has 2 rings (SSSR count). The second-order valence-electron chi connectivity index (χ2n) is 6.42. The van der Waals surface area contributed by atoms with Gasteiger partial charge in [-0.25, -0.2) is 9.48 Å². The molecular formula is C17H16Cl2F3N3O4. The van der Waals surface area contributed by atoms with Crippen LogP contribution in [0.25, 0.3) is 5.69 Å². The number of benzene rings is 1. The van der Waals surface area contributed by atoms with Gasteiger partial charge in [-0.1, -0.05) is 37.0 Å². The van der Waals surface area contributed by atoms with Crippen molar-refractivity contribution < 1.29 is 27.6 Å². The number of esters is 1. The van der Waals surface area contributed by atoms with Gasteiger partial charge in [-0.15, -0.1) is 0 Å². The summed E-state index contributed by atoms with van der Waals surface area (Å²) in [5.41, 5.74) is -2.62. The summed E-state index contributed by atoms with van der Waals surface area (Å²) in [5.74, 6) is -1.14. The van der Waals surface area contributed by atoms with Crippen LogP contribution in [-0.2, 0) is 17.3 Å². The predicted octanol–water partition coefficient (Wildman–Crippen LogP) is 5.48. The summed E-state index contributed by atoms with van der Waals surface area (Å²) >= 11 is 12.0. The molecule has 7 nitrogen and oxygen atoms in total. The first-order valence-corrected chi connectivity index (χ1v) is 9.14. The maximum atomic E-state index is 13.0. The molecule has 0 N–H and O–H groups in total. The summed E-state index contributed by atoms with van der Waals surface area (Å²) in [4.78, 5) is 23.3. The van der Waals surface area contributed by atoms with Crippen LogP contribution >= 0.6 is 23.2 Å². The van der Waals surface area contributed by atoms with Crippen LogP contribution in [0.2, 0.25) is 10.0 Å². The molecule has 158 valence electrons. The molecular weight excluding hydrogens is 438 g/mol. The molecule has 0 fully saturated rings. The van der Waals surface area contributed by atoms with Crippen molar-refractivity contribution in [2.75, 3.05) is 6.61 Å². The highest BCUT2D eigenvalue weighted by Gasteiger charge is 2.37. The van der Waals surface area contributed by atoms with Crippen LogP contribution in [0.15, 0.2) is 12.1 Å². The number of aromatic nitrogens is 2. The SMILES string of the molecule is CCOC(=O)c1c([N+](=O)[O-])c(CC(C)C)nn1-c1c(Cl)cc(C(F)(F)F)cc1Cl. The van der Waals surface area contributed by atoms with Gasteiger partial charge < -0.3 is 4.74 Å². The quantitative estimate of drug-likeness (QED) is 0.328. The average molecular weight is 454 g/mol. The molecule has 1 aromatic heterocycles. The first-order chi connectivity index (χ1) is 13.4. The molecule has 0 radical (unpaired) electrons. The largest absolute Gasteiger partial charge is 0.461 e. The smallest absolute Gasteiger partial charge is 0.416 e. The Hall–Kier alpha value is -2.33. The number of nitrogens with zero attached hydrogens (tertiary/aromatic N) is 3. The molecule has 0 saturated carbocycles. The summed E-state index contributed by atoms with van der Waals surface area (Å²) in [6, 6.07) is 1.21. The highest BCUT2D eigenvalue weighted by atomic mass is 35.5. The van der Waals surface area contributed by atoms with Crippen molar-refractivity contribution in [2.45, 2.75) is 33.4 Å². The predicted molar refractivity (Wildman–Crippen MR) is 99.7 cm³/mol. The number of hydrogen-bond acceptors (Lipinski definition) is 5. The van der Waals surface area contributed by atoms with Crippen LogP contribution in [0.3, 0.4) is 0 Å². The van der Waals surface area contributed by atoms with Crippen molar-refractivity contribution in [2.24, 2.45) is 5.92 Å². The number of carbonyl (C=O) groups excluding carboxylic acids is 1. The molecule has 0 unspecified atom stereocenters. The number of ether oxygens (including phenoxy) is 1. The third-order valence-electron chi connectivity index (χ3n) is 3.74. The molecule has 0 aliphatic heterocycles. The Labute approximate surface area is 173 Å². The number of carbonyl (C=O) groups is 1. The van der Waals surface area contributed by atoms with E-state index >= 15 is 0 Å². The van der Waals surface area contributed by atoms with E-state index in [-0.39, 0.29) is 30.3 Å². The van der Waals surface area contributed by atoms with Gasteiger partial charge in [0.2, 0.25) is 5.69 Å². The van der Waals surface area contributed by atoms with E-state index in [0.29, 0.717) is 12.1 Å². The van der Waals surface area contributed by atoms with Crippen LogP contribution < -0.4 is 0 Å². The second kappa shape index (κ2) is 8.58. The number of alkyl halides is 3. The van der Waals surface area contributed by atoms with Gasteiger partial charge in [-0.2, -0.15) is 18.3 Å². The molecule has 12 heteroatoms. The minimum Gasteiger partial charge on any atom is -0.461 e. The molecule has 0 aliphatic rings. The third kappa shape index (κ3) is 4.81. The van der Waals surface area contributed by atoms with Crippen LogP contribution in [-0.4, -0.2) is 27.3 Å². The minimum absolute atomic E-state index is 0.0416. The van der Waals surface area contributed by atoms with Gasteiger partial charge in [0.1, 0.15) is 11.4 Å². The molecule has 0 saturated heterocycles. The van der Waals surface area contributed by atoms with E-state index in [1.165, 1.54) is 6.92 Å². The van der Waals surface area contributed by atoms with E-state index in [4.69, 9.17) is 27.9 Å². The molecule has 2 aromatic rings. The fourth-order valence-corrected chi connectivity index (χ4v) is 3.29. The molecule has 0 atom stereocenters. The first kappa shape index (κ1) is 23.0. The normalized spacial score (nSPS) is 11.8. The lowest BCUT2D eigenvalue weighted by Gasteiger charge is -2.13. The van der Waals surface area contributed by atoms with Gasteiger partial charge in [0.05, 0.1) is 27.1 Å². The lowest BCUT2D eigenvalue weighted by Crippen LogP contribution is -2.15. The monoisotopic (exact) mass is 453 g/mol. The maximum absolute atomic E-state index is 13.0. The topological polar surface area (TPSA) is 87.3 Å². The molecule has 0 amide bonds. The second-order valence-corrected chi connectivity index (χ2v) is 7.23. The zero-order chi connectivity index (χ0) is 22.1. The van der Waals surface area contributed by atoms with Crippen molar-refractivity contribution in [3.8, 4) is 5.69 Å². The maximum Gasteiger partial charge on any atom is 0.416 e. The van der Waals surface area contributed by atoms with Gasteiger partial charge in [0.25, 0.3) is 0 Å². The fraction of sp³-hybridized carbons (Fsp3) is 0.412. The number of rotatable bonds is 6. The van der Waals surface area contributed by atoms with Gasteiger partial charge in [-0.05, 0) is 25.0 Å². The van der Waals surface area contributed by atoms with Crippen LogP contribution in [0.1, 0.15) is 42.5 Å². The van der Waals surface area contributed by atoms with Crippen molar-refractivity contribution in [3.63, 3.8) is 0 Å². The Morgan fingerprint density at radius 1 is 1.31 bits per heavy atom. The standard InChI is InChI=1S/C17H16Cl2F3N3O4/c1-4-29-16(26)15-14(25(27)28)12(5-8(2)3)23-24(15)13-10(18)6-9(7-11(13)19)17(20,21)22/h6-8H,4-5H2,1-3H3. The Bertz CT molecular complexity index is 935. The molecule has 29 heavy (non-hydrogen) atoms. The third-order valence-corrected chi connectivity index (χ3v) is 4.32. The van der Waals surface area contributed by atoms with Gasteiger partial charge in [0, 0.05) is 6.42 Å². The highest BCUT2D eigenvalue weighted by Crippen LogP contribution is 2.39. The number of nitro groups is 1. The summed E-state index contributed by atoms with van der Waals surface area (Å²) in [6.07, 6.45) is -4.58. The zero-order valence-electron chi connectivity index (χ0n) is 15.5. The van der Waals surface area contributed by atoms with E-state index in [9.17, 15) is 28.1 Å². The molecule has 0 spiro atoms. The Balaban J connectivity index is 2.84.